The van der Waals surface area contributed by atoms with Gasteiger partial charge in [0.15, 0.2) is 5.76 Å². The molecule has 1 amide bonds. The number of hydrogen-bond donors (Lipinski definition) is 0. The fourth-order valence-electron chi connectivity index (χ4n) is 4.08. The number of carbonyl (C=O) groups is 1. The van der Waals surface area contributed by atoms with Crippen molar-refractivity contribution in [3.63, 3.8) is 0 Å². The first kappa shape index (κ1) is 22.5. The maximum atomic E-state index is 13.2. The van der Waals surface area contributed by atoms with Gasteiger partial charge in [0.2, 0.25) is 5.91 Å². The van der Waals surface area contributed by atoms with Crippen molar-refractivity contribution in [2.24, 2.45) is 0 Å². The van der Waals surface area contributed by atoms with E-state index in [0.29, 0.717) is 43.3 Å². The summed E-state index contributed by atoms with van der Waals surface area (Å²) in [6.45, 7) is 3.78. The van der Waals surface area contributed by atoms with Gasteiger partial charge in [0.1, 0.15) is 29.7 Å². The van der Waals surface area contributed by atoms with E-state index >= 15 is 0 Å². The fourth-order valence-corrected chi connectivity index (χ4v) is 4.08. The Labute approximate surface area is 200 Å². The fraction of sp³-hybridized carbons (Fsp3) is 0.240. The highest BCUT2D eigenvalue weighted by Crippen LogP contribution is 2.23. The van der Waals surface area contributed by atoms with Crippen molar-refractivity contribution in [1.29, 1.82) is 0 Å². The third-order valence-electron chi connectivity index (χ3n) is 6.03. The molecule has 4 heterocycles. The molecule has 1 unspecified atom stereocenters. The van der Waals surface area contributed by atoms with E-state index in [0.717, 1.165) is 11.4 Å². The summed E-state index contributed by atoms with van der Waals surface area (Å²) in [6.07, 6.45) is 3.01. The monoisotopic (exact) mass is 474 g/mol. The quantitative estimate of drug-likeness (QED) is 0.439. The Balaban J connectivity index is 1.27. The molecule has 0 spiro atoms. The van der Waals surface area contributed by atoms with Gasteiger partial charge in [-0.15, -0.1) is 0 Å². The van der Waals surface area contributed by atoms with Gasteiger partial charge in [-0.25, -0.2) is 19.0 Å². The number of anilines is 1. The van der Waals surface area contributed by atoms with Gasteiger partial charge in [0.25, 0.3) is 5.56 Å². The summed E-state index contributed by atoms with van der Waals surface area (Å²) < 4.78 is 19.8. The Morgan fingerprint density at radius 2 is 1.77 bits per heavy atom. The van der Waals surface area contributed by atoms with Crippen LogP contribution in [-0.4, -0.2) is 56.7 Å². The summed E-state index contributed by atoms with van der Waals surface area (Å²) in [5.41, 5.74) is 1.63. The number of furan rings is 1. The molecule has 5 rings (SSSR count). The number of halogens is 1. The number of amides is 1. The Morgan fingerprint density at radius 1 is 1.00 bits per heavy atom. The van der Waals surface area contributed by atoms with Gasteiger partial charge in [0.05, 0.1) is 12.0 Å². The van der Waals surface area contributed by atoms with E-state index in [9.17, 15) is 14.0 Å². The van der Waals surface area contributed by atoms with Gasteiger partial charge in [0, 0.05) is 43.9 Å². The zero-order chi connectivity index (χ0) is 24.4. The molecule has 35 heavy (non-hydrogen) atoms. The Hall–Kier alpha value is -4.34. The minimum Gasteiger partial charge on any atom is -0.463 e. The van der Waals surface area contributed by atoms with E-state index in [1.54, 1.807) is 42.2 Å². The molecule has 0 aliphatic carbocycles. The van der Waals surface area contributed by atoms with Gasteiger partial charge >= 0.3 is 0 Å². The highest BCUT2D eigenvalue weighted by Gasteiger charge is 2.28. The van der Waals surface area contributed by atoms with E-state index in [1.807, 2.05) is 6.07 Å². The number of aromatic nitrogens is 4. The van der Waals surface area contributed by atoms with Crippen molar-refractivity contribution >= 4 is 11.7 Å². The molecule has 4 aromatic rings. The average molecular weight is 474 g/mol. The molecule has 3 aromatic heterocycles. The molecule has 0 radical (unpaired) electrons. The lowest BCUT2D eigenvalue weighted by molar-refractivity contribution is -0.135. The smallest absolute Gasteiger partial charge is 0.267 e. The van der Waals surface area contributed by atoms with Crippen molar-refractivity contribution in [1.82, 2.24) is 24.6 Å². The summed E-state index contributed by atoms with van der Waals surface area (Å²) in [7, 11) is 0. The predicted molar refractivity (Wildman–Crippen MR) is 127 cm³/mol. The normalized spacial score (nSPS) is 14.7. The molecule has 1 saturated heterocycles. The Kier molecular flexibility index (Phi) is 6.09. The molecule has 0 N–H and O–H groups in total. The van der Waals surface area contributed by atoms with Crippen LogP contribution in [0.15, 0.2) is 76.4 Å². The molecule has 1 fully saturated rings. The second kappa shape index (κ2) is 9.49. The van der Waals surface area contributed by atoms with Crippen molar-refractivity contribution in [2.45, 2.75) is 13.0 Å². The minimum absolute atomic E-state index is 0.175. The summed E-state index contributed by atoms with van der Waals surface area (Å²) in [5.74, 6) is 0.786. The van der Waals surface area contributed by atoms with Crippen LogP contribution in [0.1, 0.15) is 13.0 Å². The highest BCUT2D eigenvalue weighted by atomic mass is 19.1. The number of rotatable bonds is 5. The van der Waals surface area contributed by atoms with E-state index in [-0.39, 0.29) is 17.3 Å². The Bertz CT molecular complexity index is 1380. The van der Waals surface area contributed by atoms with Gasteiger partial charge < -0.3 is 14.2 Å². The highest BCUT2D eigenvalue weighted by molar-refractivity contribution is 5.80. The molecular formula is C25H23FN6O3. The third kappa shape index (κ3) is 4.68. The minimum atomic E-state index is -0.756. The van der Waals surface area contributed by atoms with E-state index < -0.39 is 6.04 Å². The first-order valence-electron chi connectivity index (χ1n) is 11.2. The largest absolute Gasteiger partial charge is 0.463 e. The topological polar surface area (TPSA) is 97.4 Å². The van der Waals surface area contributed by atoms with Crippen LogP contribution in [0.4, 0.5) is 10.2 Å². The van der Waals surface area contributed by atoms with Crippen LogP contribution >= 0.6 is 0 Å². The number of piperazine rings is 1. The predicted octanol–water partition coefficient (Wildman–Crippen LogP) is 3.01. The lowest BCUT2D eigenvalue weighted by Gasteiger charge is -2.36. The molecule has 0 bridgehead atoms. The number of carbonyl (C=O) groups excluding carboxylic acids is 1. The summed E-state index contributed by atoms with van der Waals surface area (Å²) in [4.78, 5) is 38.1. The van der Waals surface area contributed by atoms with Crippen LogP contribution in [-0.2, 0) is 4.79 Å². The molecular weight excluding hydrogens is 451 g/mol. The first-order chi connectivity index (χ1) is 17.0. The maximum absolute atomic E-state index is 13.2. The zero-order valence-corrected chi connectivity index (χ0v) is 19.0. The first-order valence-corrected chi connectivity index (χ1v) is 11.2. The molecule has 1 aliphatic rings. The van der Waals surface area contributed by atoms with Crippen molar-refractivity contribution in [3.05, 3.63) is 83.4 Å². The number of benzene rings is 1. The van der Waals surface area contributed by atoms with E-state index in [2.05, 4.69) is 20.0 Å². The van der Waals surface area contributed by atoms with Crippen LogP contribution in [0.25, 0.3) is 22.7 Å². The zero-order valence-electron chi connectivity index (χ0n) is 19.0. The molecule has 1 aromatic carbocycles. The van der Waals surface area contributed by atoms with Gasteiger partial charge in [-0.1, -0.05) is 0 Å². The van der Waals surface area contributed by atoms with Gasteiger partial charge in [-0.3, -0.25) is 9.59 Å². The molecule has 1 aliphatic heterocycles. The SMILES string of the molecule is CC(C(=O)N1CCN(c2cc(-c3ccc(F)cc3)ncn2)CC1)n1nc(-c2ccco2)ccc1=O. The van der Waals surface area contributed by atoms with Crippen LogP contribution < -0.4 is 10.5 Å². The standard InChI is InChI=1S/C25H23FN6O3/c1-17(32-24(33)9-8-20(29-32)22-3-2-14-35-22)25(34)31-12-10-30(11-13-31)23-15-21(27-16-28-23)18-4-6-19(26)7-5-18/h2-9,14-17H,10-13H2,1H3. The summed E-state index contributed by atoms with van der Waals surface area (Å²) in [6, 6.07) is 13.7. The van der Waals surface area contributed by atoms with Crippen LogP contribution in [0.5, 0.6) is 0 Å². The second-order valence-electron chi connectivity index (χ2n) is 8.24. The Morgan fingerprint density at radius 3 is 2.49 bits per heavy atom. The van der Waals surface area contributed by atoms with Crippen molar-refractivity contribution in [3.8, 4) is 22.7 Å². The van der Waals surface area contributed by atoms with Crippen LogP contribution in [0.2, 0.25) is 0 Å². The van der Waals surface area contributed by atoms with Crippen LogP contribution in [0, 0.1) is 5.82 Å². The molecule has 9 nitrogen and oxygen atoms in total. The third-order valence-corrected chi connectivity index (χ3v) is 6.03. The van der Waals surface area contributed by atoms with E-state index in [1.165, 1.54) is 35.5 Å². The van der Waals surface area contributed by atoms with Gasteiger partial charge in [-0.2, -0.15) is 5.10 Å². The molecule has 0 saturated carbocycles. The summed E-state index contributed by atoms with van der Waals surface area (Å²) >= 11 is 0. The lowest BCUT2D eigenvalue weighted by atomic mass is 10.1. The average Bonchev–Trinajstić information content (AvgIpc) is 3.44. The lowest BCUT2D eigenvalue weighted by Crippen LogP contribution is -2.51. The van der Waals surface area contributed by atoms with Crippen LogP contribution in [0.3, 0.4) is 0 Å². The van der Waals surface area contributed by atoms with E-state index in [4.69, 9.17) is 4.42 Å². The number of nitrogens with zero attached hydrogens (tertiary/aromatic N) is 6. The van der Waals surface area contributed by atoms with Crippen molar-refractivity contribution in [2.75, 3.05) is 31.1 Å². The molecule has 1 atom stereocenters. The summed E-state index contributed by atoms with van der Waals surface area (Å²) in [5, 5.41) is 4.35. The van der Waals surface area contributed by atoms with Crippen molar-refractivity contribution < 1.29 is 13.6 Å². The number of hydrogen-bond acceptors (Lipinski definition) is 7. The molecule has 178 valence electrons. The molecule has 10 heteroatoms. The second-order valence-corrected chi connectivity index (χ2v) is 8.24. The maximum Gasteiger partial charge on any atom is 0.267 e. The van der Waals surface area contributed by atoms with Gasteiger partial charge in [-0.05, 0) is 49.4 Å².